The molecule has 1 saturated heterocycles. The van der Waals surface area contributed by atoms with E-state index in [4.69, 9.17) is 5.73 Å². The van der Waals surface area contributed by atoms with Crippen LogP contribution >= 0.6 is 24.8 Å². The Morgan fingerprint density at radius 1 is 1.17 bits per heavy atom. The summed E-state index contributed by atoms with van der Waals surface area (Å²) in [5.74, 6) is 0.181. The average molecular weight is 366 g/mol. The second kappa shape index (κ2) is 8.92. The van der Waals surface area contributed by atoms with Gasteiger partial charge in [0.2, 0.25) is 0 Å². The summed E-state index contributed by atoms with van der Waals surface area (Å²) in [6.07, 6.45) is 4.73. The zero-order valence-corrected chi connectivity index (χ0v) is 14.8. The lowest BCUT2D eigenvalue weighted by atomic mass is 9.88. The number of anilines is 1. The second-order valence-electron chi connectivity index (χ2n) is 6.21. The summed E-state index contributed by atoms with van der Waals surface area (Å²) in [5.41, 5.74) is 6.58. The molecule has 0 amide bonds. The van der Waals surface area contributed by atoms with Crippen LogP contribution in [0.4, 0.5) is 10.1 Å². The van der Waals surface area contributed by atoms with Crippen LogP contribution in [0.1, 0.15) is 37.3 Å². The van der Waals surface area contributed by atoms with Crippen molar-refractivity contribution in [1.82, 2.24) is 10.2 Å². The van der Waals surface area contributed by atoms with Gasteiger partial charge in [0.25, 0.3) is 0 Å². The van der Waals surface area contributed by atoms with Gasteiger partial charge in [-0.15, -0.1) is 24.8 Å². The van der Waals surface area contributed by atoms with E-state index in [2.05, 4.69) is 10.2 Å². The first kappa shape index (κ1) is 20.3. The van der Waals surface area contributed by atoms with Crippen LogP contribution in [0, 0.1) is 11.7 Å². The van der Waals surface area contributed by atoms with Crippen LogP contribution in [-0.2, 0) is 0 Å². The van der Waals surface area contributed by atoms with Gasteiger partial charge >= 0.3 is 0 Å². The number of phenolic OH excluding ortho intramolecular Hbond substituents is 1. The third-order valence-electron chi connectivity index (χ3n) is 4.84. The molecule has 0 spiro atoms. The summed E-state index contributed by atoms with van der Waals surface area (Å²) >= 11 is 0. The third kappa shape index (κ3) is 4.41. The fraction of sp³-hybridized carbons (Fsp3) is 0.625. The molecule has 1 heterocycles. The number of rotatable bonds is 3. The number of hydrogen-bond acceptors (Lipinski definition) is 4. The number of hydrogen-bond donors (Lipinski definition) is 3. The quantitative estimate of drug-likeness (QED) is 0.568. The van der Waals surface area contributed by atoms with Crippen LogP contribution in [0.2, 0.25) is 0 Å². The maximum absolute atomic E-state index is 13.8. The van der Waals surface area contributed by atoms with E-state index in [-0.39, 0.29) is 48.1 Å². The van der Waals surface area contributed by atoms with Crippen molar-refractivity contribution in [3.8, 4) is 5.75 Å². The zero-order chi connectivity index (χ0) is 14.8. The molecule has 1 aliphatic carbocycles. The maximum Gasteiger partial charge on any atom is 0.143 e. The molecule has 2 aliphatic rings. The number of nitrogens with zero attached hydrogens (tertiary/aromatic N) is 1. The molecule has 7 heteroatoms. The van der Waals surface area contributed by atoms with Gasteiger partial charge in [-0.2, -0.15) is 0 Å². The van der Waals surface area contributed by atoms with Crippen LogP contribution in [0.5, 0.6) is 5.75 Å². The molecule has 4 N–H and O–H groups in total. The van der Waals surface area contributed by atoms with E-state index in [0.717, 1.165) is 39.0 Å². The van der Waals surface area contributed by atoms with Crippen LogP contribution < -0.4 is 11.1 Å². The minimum Gasteiger partial charge on any atom is -0.505 e. The molecule has 4 nitrogen and oxygen atoms in total. The molecule has 23 heavy (non-hydrogen) atoms. The molecular formula is C16H26Cl2FN3O. The number of piperazine rings is 1. The molecule has 1 saturated carbocycles. The summed E-state index contributed by atoms with van der Waals surface area (Å²) in [6, 6.07) is 2.74. The van der Waals surface area contributed by atoms with E-state index in [1.54, 1.807) is 0 Å². The Balaban J connectivity index is 0.00000132. The van der Waals surface area contributed by atoms with Crippen molar-refractivity contribution in [2.24, 2.45) is 5.92 Å². The summed E-state index contributed by atoms with van der Waals surface area (Å²) in [5, 5.41) is 13.7. The van der Waals surface area contributed by atoms with Gasteiger partial charge < -0.3 is 16.2 Å². The first-order valence-corrected chi connectivity index (χ1v) is 7.89. The van der Waals surface area contributed by atoms with Crippen molar-refractivity contribution in [3.05, 3.63) is 23.5 Å². The molecule has 1 aliphatic heterocycles. The number of nitrogen functional groups attached to an aromatic ring is 1. The van der Waals surface area contributed by atoms with Crippen molar-refractivity contribution in [1.29, 1.82) is 0 Å². The number of nitrogens with two attached hydrogens (primary N) is 1. The first-order valence-electron chi connectivity index (χ1n) is 7.89. The molecule has 0 aromatic heterocycles. The van der Waals surface area contributed by atoms with Crippen molar-refractivity contribution < 1.29 is 9.50 Å². The first-order chi connectivity index (χ1) is 10.2. The highest BCUT2D eigenvalue weighted by Gasteiger charge is 2.34. The van der Waals surface area contributed by atoms with Crippen LogP contribution in [0.3, 0.4) is 0 Å². The molecule has 1 aromatic carbocycles. The van der Waals surface area contributed by atoms with Crippen molar-refractivity contribution >= 4 is 30.5 Å². The van der Waals surface area contributed by atoms with E-state index < -0.39 is 0 Å². The molecular weight excluding hydrogens is 340 g/mol. The zero-order valence-electron chi connectivity index (χ0n) is 13.1. The van der Waals surface area contributed by atoms with Gasteiger partial charge in [-0.3, -0.25) is 4.90 Å². The third-order valence-corrected chi connectivity index (χ3v) is 4.84. The minimum atomic E-state index is -0.363. The van der Waals surface area contributed by atoms with Gasteiger partial charge in [0, 0.05) is 43.9 Å². The second-order valence-corrected chi connectivity index (χ2v) is 6.21. The smallest absolute Gasteiger partial charge is 0.143 e. The Kier molecular flexibility index (Phi) is 7.87. The lowest BCUT2D eigenvalue weighted by Gasteiger charge is -2.39. The number of phenols is 1. The Morgan fingerprint density at radius 3 is 2.39 bits per heavy atom. The number of halogens is 3. The lowest BCUT2D eigenvalue weighted by molar-refractivity contribution is 0.123. The molecule has 0 unspecified atom stereocenters. The lowest BCUT2D eigenvalue weighted by Crippen LogP contribution is -2.46. The summed E-state index contributed by atoms with van der Waals surface area (Å²) < 4.78 is 13.8. The fourth-order valence-electron chi connectivity index (χ4n) is 3.85. The maximum atomic E-state index is 13.8. The van der Waals surface area contributed by atoms with Gasteiger partial charge in [0.15, 0.2) is 0 Å². The molecule has 0 radical (unpaired) electrons. The van der Waals surface area contributed by atoms with E-state index in [1.165, 1.54) is 25.0 Å². The van der Waals surface area contributed by atoms with Gasteiger partial charge in [-0.25, -0.2) is 4.39 Å². The number of benzene rings is 1. The fourth-order valence-corrected chi connectivity index (χ4v) is 3.85. The topological polar surface area (TPSA) is 61.5 Å². The van der Waals surface area contributed by atoms with Crippen LogP contribution in [0.25, 0.3) is 0 Å². The largest absolute Gasteiger partial charge is 0.505 e. The molecule has 0 bridgehead atoms. The van der Waals surface area contributed by atoms with Crippen molar-refractivity contribution in [2.75, 3.05) is 31.9 Å². The molecule has 1 aromatic rings. The Labute approximate surface area is 149 Å². The summed E-state index contributed by atoms with van der Waals surface area (Å²) in [4.78, 5) is 2.38. The monoisotopic (exact) mass is 365 g/mol. The van der Waals surface area contributed by atoms with Gasteiger partial charge in [-0.1, -0.05) is 12.8 Å². The minimum absolute atomic E-state index is 0. The highest BCUT2D eigenvalue weighted by Crippen LogP contribution is 2.44. The highest BCUT2D eigenvalue weighted by molar-refractivity contribution is 5.85. The van der Waals surface area contributed by atoms with Gasteiger partial charge in [0.05, 0.1) is 5.69 Å². The SMILES string of the molecule is Cl.Cl.Nc1cc(F)cc([C@H](C2CCCC2)N2CCNCC2)c1O. The predicted molar refractivity (Wildman–Crippen MR) is 96.1 cm³/mol. The van der Waals surface area contributed by atoms with Gasteiger partial charge in [0.1, 0.15) is 11.6 Å². The summed E-state index contributed by atoms with van der Waals surface area (Å²) in [7, 11) is 0. The van der Waals surface area contributed by atoms with E-state index in [9.17, 15) is 9.50 Å². The van der Waals surface area contributed by atoms with E-state index >= 15 is 0 Å². The molecule has 2 fully saturated rings. The Morgan fingerprint density at radius 2 is 1.78 bits per heavy atom. The van der Waals surface area contributed by atoms with Gasteiger partial charge in [-0.05, 0) is 24.8 Å². The Bertz CT molecular complexity index is 506. The molecule has 132 valence electrons. The van der Waals surface area contributed by atoms with Crippen LogP contribution in [-0.4, -0.2) is 36.2 Å². The molecule has 1 atom stereocenters. The van der Waals surface area contributed by atoms with Crippen LogP contribution in [0.15, 0.2) is 12.1 Å². The normalized spacial score (nSPS) is 20.6. The number of nitrogens with one attached hydrogen (secondary N) is 1. The van der Waals surface area contributed by atoms with Crippen molar-refractivity contribution in [2.45, 2.75) is 31.7 Å². The highest BCUT2D eigenvalue weighted by atomic mass is 35.5. The van der Waals surface area contributed by atoms with Crippen molar-refractivity contribution in [3.63, 3.8) is 0 Å². The van der Waals surface area contributed by atoms with E-state index in [0.29, 0.717) is 11.5 Å². The number of aromatic hydroxyl groups is 1. The molecule has 3 rings (SSSR count). The predicted octanol–water partition coefficient (Wildman–Crippen LogP) is 3.09. The summed E-state index contributed by atoms with van der Waals surface area (Å²) in [6.45, 7) is 3.73. The average Bonchev–Trinajstić information content (AvgIpc) is 2.99. The Hall–Kier alpha value is -0.750. The van der Waals surface area contributed by atoms with E-state index in [1.807, 2.05) is 0 Å². The standard InChI is InChI=1S/C16H24FN3O.2ClH/c17-12-9-13(16(21)14(18)10-12)15(11-3-1-2-4-11)20-7-5-19-6-8-20;;/h9-11,15,19,21H,1-8,18H2;2*1H/t15-;;/m0../s1.